The van der Waals surface area contributed by atoms with Crippen LogP contribution in [0.25, 0.3) is 0 Å². The summed E-state index contributed by atoms with van der Waals surface area (Å²) < 4.78 is 0. The lowest BCUT2D eigenvalue weighted by molar-refractivity contribution is 0.197. The summed E-state index contributed by atoms with van der Waals surface area (Å²) in [7, 11) is 2.09. The van der Waals surface area contributed by atoms with Gasteiger partial charge in [-0.15, -0.1) is 0 Å². The van der Waals surface area contributed by atoms with Crippen molar-refractivity contribution in [3.05, 3.63) is 0 Å². The number of nitrogens with zero attached hydrogens (tertiary/aromatic N) is 1. The van der Waals surface area contributed by atoms with Gasteiger partial charge >= 0.3 is 0 Å². The fourth-order valence-electron chi connectivity index (χ4n) is 1.98. The Bertz CT molecular complexity index is 122. The summed E-state index contributed by atoms with van der Waals surface area (Å²) in [6.07, 6.45) is 3.93. The Morgan fingerprint density at radius 2 is 2.23 bits per heavy atom. The van der Waals surface area contributed by atoms with Crippen molar-refractivity contribution in [2.24, 2.45) is 5.92 Å². The van der Waals surface area contributed by atoms with E-state index in [1.165, 1.54) is 25.8 Å². The van der Waals surface area contributed by atoms with Gasteiger partial charge in [-0.1, -0.05) is 0 Å². The third-order valence-corrected chi connectivity index (χ3v) is 2.75. The van der Waals surface area contributed by atoms with Crippen LogP contribution in [0.2, 0.25) is 0 Å². The first-order chi connectivity index (χ1) is 6.33. The Morgan fingerprint density at radius 1 is 1.38 bits per heavy atom. The van der Waals surface area contributed by atoms with Crippen LogP contribution >= 0.6 is 0 Å². The van der Waals surface area contributed by atoms with Crippen molar-refractivity contribution in [1.29, 1.82) is 0 Å². The largest absolute Gasteiger partial charge is 0.395 e. The van der Waals surface area contributed by atoms with Gasteiger partial charge in [-0.05, 0) is 45.3 Å². The molecule has 0 saturated carbocycles. The van der Waals surface area contributed by atoms with Crippen LogP contribution in [-0.4, -0.2) is 49.8 Å². The quantitative estimate of drug-likeness (QED) is 0.663. The molecule has 1 aliphatic rings. The van der Waals surface area contributed by atoms with E-state index in [0.717, 1.165) is 25.6 Å². The number of likely N-dealkylation sites (N-methyl/N-ethyl adjacent to an activating group) is 1. The molecular weight excluding hydrogens is 164 g/mol. The summed E-state index contributed by atoms with van der Waals surface area (Å²) in [5, 5.41) is 12.2. The highest BCUT2D eigenvalue weighted by molar-refractivity contribution is 4.69. The normalized spacial score (nSPS) is 24.7. The van der Waals surface area contributed by atoms with Crippen LogP contribution in [0.15, 0.2) is 0 Å². The van der Waals surface area contributed by atoms with Crippen molar-refractivity contribution in [2.75, 3.05) is 39.8 Å². The lowest BCUT2D eigenvalue weighted by Gasteiger charge is -2.21. The molecule has 0 aromatic heterocycles. The fraction of sp³-hybridized carbons (Fsp3) is 1.00. The highest BCUT2D eigenvalue weighted by atomic mass is 16.3. The number of rotatable bonds is 4. The SMILES string of the molecule is CN(CCO)CC1CCCNCC1. The van der Waals surface area contributed by atoms with Gasteiger partial charge < -0.3 is 15.3 Å². The van der Waals surface area contributed by atoms with E-state index in [9.17, 15) is 0 Å². The molecule has 13 heavy (non-hydrogen) atoms. The zero-order valence-electron chi connectivity index (χ0n) is 8.63. The van der Waals surface area contributed by atoms with Crippen molar-refractivity contribution in [3.8, 4) is 0 Å². The average molecular weight is 186 g/mol. The van der Waals surface area contributed by atoms with Crippen LogP contribution in [0, 0.1) is 5.92 Å². The minimum absolute atomic E-state index is 0.279. The third kappa shape index (κ3) is 4.60. The van der Waals surface area contributed by atoms with E-state index in [2.05, 4.69) is 17.3 Å². The van der Waals surface area contributed by atoms with Crippen LogP contribution in [0.5, 0.6) is 0 Å². The first kappa shape index (κ1) is 11.0. The van der Waals surface area contributed by atoms with E-state index in [-0.39, 0.29) is 6.61 Å². The summed E-state index contributed by atoms with van der Waals surface area (Å²) >= 11 is 0. The van der Waals surface area contributed by atoms with Gasteiger partial charge in [0.2, 0.25) is 0 Å². The van der Waals surface area contributed by atoms with Gasteiger partial charge in [0.25, 0.3) is 0 Å². The standard InChI is InChI=1S/C10H22N2O/c1-12(7-8-13)9-10-3-2-5-11-6-4-10/h10-11,13H,2-9H2,1H3. The Morgan fingerprint density at radius 3 is 3.00 bits per heavy atom. The molecule has 0 spiro atoms. The minimum atomic E-state index is 0.279. The Hall–Kier alpha value is -0.120. The van der Waals surface area contributed by atoms with Gasteiger partial charge in [-0.25, -0.2) is 0 Å². The molecule has 78 valence electrons. The Labute approximate surface area is 81.1 Å². The van der Waals surface area contributed by atoms with E-state index in [0.29, 0.717) is 0 Å². The maximum absolute atomic E-state index is 8.77. The lowest BCUT2D eigenvalue weighted by Crippen LogP contribution is -2.28. The summed E-state index contributed by atoms with van der Waals surface area (Å²) in [6, 6.07) is 0. The Balaban J connectivity index is 2.17. The number of aliphatic hydroxyl groups excluding tert-OH is 1. The molecule has 0 radical (unpaired) electrons. The first-order valence-corrected chi connectivity index (χ1v) is 5.33. The van der Waals surface area contributed by atoms with E-state index >= 15 is 0 Å². The molecule has 0 amide bonds. The molecule has 1 unspecified atom stereocenters. The molecule has 0 aromatic carbocycles. The zero-order chi connectivity index (χ0) is 9.52. The molecule has 0 bridgehead atoms. The second kappa shape index (κ2) is 6.35. The van der Waals surface area contributed by atoms with Gasteiger partial charge in [0.15, 0.2) is 0 Å². The summed E-state index contributed by atoms with van der Waals surface area (Å²) in [4.78, 5) is 2.23. The van der Waals surface area contributed by atoms with Crippen LogP contribution in [0.4, 0.5) is 0 Å². The lowest BCUT2D eigenvalue weighted by atomic mass is 10.0. The van der Waals surface area contributed by atoms with Crippen molar-refractivity contribution in [3.63, 3.8) is 0 Å². The molecule has 0 aliphatic carbocycles. The molecular formula is C10H22N2O. The fourth-order valence-corrected chi connectivity index (χ4v) is 1.98. The summed E-state index contributed by atoms with van der Waals surface area (Å²) in [5.74, 6) is 0.826. The molecule has 1 saturated heterocycles. The van der Waals surface area contributed by atoms with Crippen molar-refractivity contribution in [1.82, 2.24) is 10.2 Å². The highest BCUT2D eigenvalue weighted by Gasteiger charge is 2.13. The van der Waals surface area contributed by atoms with Crippen LogP contribution in [-0.2, 0) is 0 Å². The van der Waals surface area contributed by atoms with Gasteiger partial charge in [0, 0.05) is 13.1 Å². The molecule has 1 aliphatic heterocycles. The molecule has 1 atom stereocenters. The van der Waals surface area contributed by atoms with E-state index in [1.54, 1.807) is 0 Å². The maximum Gasteiger partial charge on any atom is 0.0558 e. The van der Waals surface area contributed by atoms with Gasteiger partial charge in [0.1, 0.15) is 0 Å². The molecule has 1 heterocycles. The predicted molar refractivity (Wildman–Crippen MR) is 54.8 cm³/mol. The van der Waals surface area contributed by atoms with Crippen molar-refractivity contribution in [2.45, 2.75) is 19.3 Å². The van der Waals surface area contributed by atoms with Crippen LogP contribution < -0.4 is 5.32 Å². The molecule has 3 heteroatoms. The smallest absolute Gasteiger partial charge is 0.0558 e. The molecule has 0 aromatic rings. The van der Waals surface area contributed by atoms with Crippen LogP contribution in [0.1, 0.15) is 19.3 Å². The van der Waals surface area contributed by atoms with E-state index < -0.39 is 0 Å². The zero-order valence-corrected chi connectivity index (χ0v) is 8.63. The highest BCUT2D eigenvalue weighted by Crippen LogP contribution is 2.14. The number of hydrogen-bond donors (Lipinski definition) is 2. The van der Waals surface area contributed by atoms with Gasteiger partial charge in [0.05, 0.1) is 6.61 Å². The topological polar surface area (TPSA) is 35.5 Å². The number of hydrogen-bond acceptors (Lipinski definition) is 3. The maximum atomic E-state index is 8.77. The van der Waals surface area contributed by atoms with Gasteiger partial charge in [-0.3, -0.25) is 0 Å². The number of aliphatic hydroxyl groups is 1. The Kier molecular flexibility index (Phi) is 5.35. The third-order valence-electron chi connectivity index (χ3n) is 2.75. The van der Waals surface area contributed by atoms with E-state index in [4.69, 9.17) is 5.11 Å². The van der Waals surface area contributed by atoms with Crippen LogP contribution in [0.3, 0.4) is 0 Å². The van der Waals surface area contributed by atoms with E-state index in [1.807, 2.05) is 0 Å². The molecule has 1 rings (SSSR count). The molecule has 1 fully saturated rings. The predicted octanol–water partition coefficient (Wildman–Crippen LogP) is 0.300. The second-order valence-electron chi connectivity index (χ2n) is 4.03. The monoisotopic (exact) mass is 186 g/mol. The second-order valence-corrected chi connectivity index (χ2v) is 4.03. The summed E-state index contributed by atoms with van der Waals surface area (Å²) in [5.41, 5.74) is 0. The molecule has 3 nitrogen and oxygen atoms in total. The number of nitrogens with one attached hydrogen (secondary N) is 1. The first-order valence-electron chi connectivity index (χ1n) is 5.33. The van der Waals surface area contributed by atoms with Crippen molar-refractivity contribution >= 4 is 0 Å². The minimum Gasteiger partial charge on any atom is -0.395 e. The van der Waals surface area contributed by atoms with Gasteiger partial charge in [-0.2, -0.15) is 0 Å². The average Bonchev–Trinajstić information content (AvgIpc) is 2.33. The van der Waals surface area contributed by atoms with Crippen molar-refractivity contribution < 1.29 is 5.11 Å². The summed E-state index contributed by atoms with van der Waals surface area (Å²) in [6.45, 7) is 4.57. The molecule has 2 N–H and O–H groups in total.